The fraction of sp³-hybridized carbons (Fsp3) is 0.417. The molecule has 4 heteroatoms. The molecule has 1 saturated heterocycles. The van der Waals surface area contributed by atoms with Crippen molar-refractivity contribution in [2.75, 3.05) is 18.4 Å². The largest absolute Gasteiger partial charge is 0.465 e. The smallest absolute Gasteiger partial charge is 0.409 e. The first kappa shape index (κ1) is 11.0. The highest BCUT2D eigenvalue weighted by atomic mass is 16.4. The van der Waals surface area contributed by atoms with Crippen molar-refractivity contribution < 1.29 is 9.90 Å². The van der Waals surface area contributed by atoms with Crippen LogP contribution < -0.4 is 10.6 Å². The highest BCUT2D eigenvalue weighted by molar-refractivity contribution is 5.82. The average Bonchev–Trinajstić information content (AvgIpc) is 2.30. The predicted octanol–water partition coefficient (Wildman–Crippen LogP) is 2.24. The van der Waals surface area contributed by atoms with Gasteiger partial charge in [-0.2, -0.15) is 0 Å². The van der Waals surface area contributed by atoms with E-state index in [1.54, 1.807) is 6.07 Å². The molecule has 1 aliphatic rings. The summed E-state index contributed by atoms with van der Waals surface area (Å²) in [5.41, 5.74) is 1.89. The summed E-state index contributed by atoms with van der Waals surface area (Å²) in [5.74, 6) is 0.553. The molecule has 0 spiro atoms. The summed E-state index contributed by atoms with van der Waals surface area (Å²) in [4.78, 5) is 10.5. The third kappa shape index (κ3) is 2.73. The maximum Gasteiger partial charge on any atom is 0.409 e. The van der Waals surface area contributed by atoms with Gasteiger partial charge in [0.2, 0.25) is 0 Å². The van der Waals surface area contributed by atoms with Crippen molar-refractivity contribution in [2.45, 2.75) is 18.8 Å². The SMILES string of the molecule is O=C(O)Nc1cccc(C2CCNCC2)c1. The van der Waals surface area contributed by atoms with Crippen LogP contribution in [-0.4, -0.2) is 24.3 Å². The Balaban J connectivity index is 2.11. The molecular formula is C12H16N2O2. The molecule has 4 nitrogen and oxygen atoms in total. The Kier molecular flexibility index (Phi) is 3.41. The van der Waals surface area contributed by atoms with E-state index in [1.807, 2.05) is 12.1 Å². The zero-order valence-corrected chi connectivity index (χ0v) is 9.07. The summed E-state index contributed by atoms with van der Waals surface area (Å²) in [7, 11) is 0. The Morgan fingerprint density at radius 3 is 2.81 bits per heavy atom. The first-order valence-electron chi connectivity index (χ1n) is 5.56. The van der Waals surface area contributed by atoms with E-state index in [0.717, 1.165) is 25.9 Å². The molecule has 2 rings (SSSR count). The Bertz CT molecular complexity index is 373. The van der Waals surface area contributed by atoms with E-state index in [1.165, 1.54) is 5.56 Å². The average molecular weight is 220 g/mol. The highest BCUT2D eigenvalue weighted by Gasteiger charge is 2.15. The van der Waals surface area contributed by atoms with Crippen molar-refractivity contribution in [3.05, 3.63) is 29.8 Å². The van der Waals surface area contributed by atoms with Crippen LogP contribution in [0.2, 0.25) is 0 Å². The molecule has 16 heavy (non-hydrogen) atoms. The van der Waals surface area contributed by atoms with Crippen LogP contribution in [0.3, 0.4) is 0 Å². The van der Waals surface area contributed by atoms with Gasteiger partial charge in [0.25, 0.3) is 0 Å². The molecule has 0 radical (unpaired) electrons. The lowest BCUT2D eigenvalue weighted by atomic mass is 9.90. The fourth-order valence-electron chi connectivity index (χ4n) is 2.15. The van der Waals surface area contributed by atoms with Gasteiger partial charge in [-0.05, 0) is 49.5 Å². The molecule has 1 amide bonds. The van der Waals surface area contributed by atoms with Gasteiger partial charge in [-0.25, -0.2) is 4.79 Å². The van der Waals surface area contributed by atoms with Gasteiger partial charge in [0.15, 0.2) is 0 Å². The second kappa shape index (κ2) is 4.99. The van der Waals surface area contributed by atoms with Crippen molar-refractivity contribution in [1.82, 2.24) is 5.32 Å². The second-order valence-electron chi connectivity index (χ2n) is 4.08. The van der Waals surface area contributed by atoms with Crippen molar-refractivity contribution in [1.29, 1.82) is 0 Å². The topological polar surface area (TPSA) is 61.4 Å². The number of amides is 1. The van der Waals surface area contributed by atoms with Crippen LogP contribution in [0.25, 0.3) is 0 Å². The number of rotatable bonds is 2. The zero-order chi connectivity index (χ0) is 11.4. The molecule has 0 unspecified atom stereocenters. The van der Waals surface area contributed by atoms with Crippen molar-refractivity contribution in [2.24, 2.45) is 0 Å². The normalized spacial score (nSPS) is 17.0. The Hall–Kier alpha value is -1.55. The quantitative estimate of drug-likeness (QED) is 0.716. The summed E-state index contributed by atoms with van der Waals surface area (Å²) in [6.07, 6.45) is 1.23. The van der Waals surface area contributed by atoms with Crippen LogP contribution in [0.4, 0.5) is 10.5 Å². The molecular weight excluding hydrogens is 204 g/mol. The van der Waals surface area contributed by atoms with E-state index in [4.69, 9.17) is 5.11 Å². The summed E-state index contributed by atoms with van der Waals surface area (Å²) in [6.45, 7) is 2.09. The van der Waals surface area contributed by atoms with Crippen LogP contribution in [0.15, 0.2) is 24.3 Å². The maximum absolute atomic E-state index is 10.5. The van der Waals surface area contributed by atoms with Crippen LogP contribution in [0.5, 0.6) is 0 Å². The first-order chi connectivity index (χ1) is 7.75. The van der Waals surface area contributed by atoms with Gasteiger partial charge in [-0.3, -0.25) is 5.32 Å². The van der Waals surface area contributed by atoms with Gasteiger partial charge in [0.05, 0.1) is 0 Å². The highest BCUT2D eigenvalue weighted by Crippen LogP contribution is 2.26. The lowest BCUT2D eigenvalue weighted by Gasteiger charge is -2.23. The number of benzene rings is 1. The van der Waals surface area contributed by atoms with Gasteiger partial charge in [-0.1, -0.05) is 12.1 Å². The maximum atomic E-state index is 10.5. The van der Waals surface area contributed by atoms with E-state index in [-0.39, 0.29) is 0 Å². The molecule has 1 aliphatic heterocycles. The molecule has 1 fully saturated rings. The summed E-state index contributed by atoms with van der Waals surface area (Å²) < 4.78 is 0. The lowest BCUT2D eigenvalue weighted by Crippen LogP contribution is -2.26. The number of carbonyl (C=O) groups is 1. The van der Waals surface area contributed by atoms with E-state index < -0.39 is 6.09 Å². The van der Waals surface area contributed by atoms with Crippen molar-refractivity contribution >= 4 is 11.8 Å². The third-order valence-corrected chi connectivity index (χ3v) is 2.95. The van der Waals surface area contributed by atoms with Crippen LogP contribution in [0, 0.1) is 0 Å². The number of carboxylic acid groups (broad SMARTS) is 1. The Labute approximate surface area is 94.7 Å². The van der Waals surface area contributed by atoms with Crippen molar-refractivity contribution in [3.8, 4) is 0 Å². The number of piperidine rings is 1. The van der Waals surface area contributed by atoms with Crippen LogP contribution in [-0.2, 0) is 0 Å². The Morgan fingerprint density at radius 2 is 2.12 bits per heavy atom. The minimum absolute atomic E-state index is 0.553. The summed E-state index contributed by atoms with van der Waals surface area (Å²) in [5, 5.41) is 14.4. The van der Waals surface area contributed by atoms with Crippen LogP contribution in [0.1, 0.15) is 24.3 Å². The van der Waals surface area contributed by atoms with Crippen molar-refractivity contribution in [3.63, 3.8) is 0 Å². The van der Waals surface area contributed by atoms with Gasteiger partial charge >= 0.3 is 6.09 Å². The fourth-order valence-corrected chi connectivity index (χ4v) is 2.15. The molecule has 86 valence electrons. The summed E-state index contributed by atoms with van der Waals surface area (Å²) >= 11 is 0. The predicted molar refractivity (Wildman–Crippen MR) is 62.9 cm³/mol. The zero-order valence-electron chi connectivity index (χ0n) is 9.07. The minimum atomic E-state index is -1.01. The van der Waals surface area contributed by atoms with Gasteiger partial charge in [-0.15, -0.1) is 0 Å². The number of hydrogen-bond acceptors (Lipinski definition) is 2. The molecule has 0 aliphatic carbocycles. The monoisotopic (exact) mass is 220 g/mol. The molecule has 0 aromatic heterocycles. The standard InChI is InChI=1S/C12H16N2O2/c15-12(16)14-11-3-1-2-10(8-11)9-4-6-13-7-5-9/h1-3,8-9,13-14H,4-7H2,(H,15,16). The van der Waals surface area contributed by atoms with E-state index in [0.29, 0.717) is 11.6 Å². The number of nitrogens with one attached hydrogen (secondary N) is 2. The molecule has 0 bridgehead atoms. The van der Waals surface area contributed by atoms with E-state index >= 15 is 0 Å². The minimum Gasteiger partial charge on any atom is -0.465 e. The third-order valence-electron chi connectivity index (χ3n) is 2.95. The van der Waals surface area contributed by atoms with Gasteiger partial charge in [0, 0.05) is 5.69 Å². The molecule has 1 heterocycles. The first-order valence-corrected chi connectivity index (χ1v) is 5.56. The molecule has 3 N–H and O–H groups in total. The van der Waals surface area contributed by atoms with E-state index in [2.05, 4.69) is 16.7 Å². The van der Waals surface area contributed by atoms with Gasteiger partial charge < -0.3 is 10.4 Å². The van der Waals surface area contributed by atoms with E-state index in [9.17, 15) is 4.79 Å². The molecule has 0 atom stereocenters. The molecule has 1 aromatic rings. The molecule has 0 saturated carbocycles. The number of anilines is 1. The molecule has 1 aromatic carbocycles. The number of hydrogen-bond donors (Lipinski definition) is 3. The lowest BCUT2D eigenvalue weighted by molar-refractivity contribution is 0.210. The second-order valence-corrected chi connectivity index (χ2v) is 4.08. The van der Waals surface area contributed by atoms with Gasteiger partial charge in [0.1, 0.15) is 0 Å². The van der Waals surface area contributed by atoms with Crippen LogP contribution >= 0.6 is 0 Å². The summed E-state index contributed by atoms with van der Waals surface area (Å²) in [6, 6.07) is 7.69. The Morgan fingerprint density at radius 1 is 1.38 bits per heavy atom.